The van der Waals surface area contributed by atoms with E-state index in [0.717, 1.165) is 24.4 Å². The molecular formula is C18H31IN4O2S. The van der Waals surface area contributed by atoms with Gasteiger partial charge in [0.05, 0.1) is 4.90 Å². The van der Waals surface area contributed by atoms with Gasteiger partial charge in [-0.25, -0.2) is 8.42 Å². The van der Waals surface area contributed by atoms with Gasteiger partial charge in [0.1, 0.15) is 0 Å². The van der Waals surface area contributed by atoms with Crippen molar-refractivity contribution in [2.75, 3.05) is 20.1 Å². The topological polar surface area (TPSA) is 73.8 Å². The van der Waals surface area contributed by atoms with Crippen molar-refractivity contribution in [1.29, 1.82) is 0 Å². The number of rotatable bonds is 5. The second-order valence-electron chi connectivity index (χ2n) is 6.98. The molecule has 1 atom stereocenters. The van der Waals surface area contributed by atoms with Gasteiger partial charge in [0, 0.05) is 32.7 Å². The lowest BCUT2D eigenvalue weighted by atomic mass is 10.0. The highest BCUT2D eigenvalue weighted by Gasteiger charge is 2.28. The van der Waals surface area contributed by atoms with Crippen molar-refractivity contribution >= 4 is 40.0 Å². The maximum Gasteiger partial charge on any atom is 0.243 e. The van der Waals surface area contributed by atoms with Crippen LogP contribution < -0.4 is 10.6 Å². The van der Waals surface area contributed by atoms with Crippen LogP contribution in [0.3, 0.4) is 0 Å². The fraction of sp³-hybridized carbons (Fsp3) is 0.611. The molecule has 8 heteroatoms. The van der Waals surface area contributed by atoms with Crippen molar-refractivity contribution in [3.63, 3.8) is 0 Å². The number of hydrogen-bond donors (Lipinski definition) is 2. The standard InChI is InChI=1S/C18H30N4O2S.HI/c1-14(2)21-18(19-4)20-12-16-7-9-17(10-8-16)25(23,24)22-11-5-6-15(3)13-22;/h7-10,14-15H,5-6,11-13H2,1-4H3,(H2,19,20,21);1H. The Morgan fingerprint density at radius 2 is 1.96 bits per heavy atom. The van der Waals surface area contributed by atoms with Gasteiger partial charge in [-0.2, -0.15) is 4.31 Å². The monoisotopic (exact) mass is 494 g/mol. The molecule has 0 saturated carbocycles. The summed E-state index contributed by atoms with van der Waals surface area (Å²) in [6, 6.07) is 7.41. The molecule has 26 heavy (non-hydrogen) atoms. The van der Waals surface area contributed by atoms with Crippen LogP contribution in [0.25, 0.3) is 0 Å². The average Bonchev–Trinajstić information content (AvgIpc) is 2.58. The van der Waals surface area contributed by atoms with Gasteiger partial charge in [0.25, 0.3) is 0 Å². The first-order chi connectivity index (χ1) is 11.8. The Balaban J connectivity index is 0.00000338. The van der Waals surface area contributed by atoms with E-state index in [1.807, 2.05) is 26.0 Å². The summed E-state index contributed by atoms with van der Waals surface area (Å²) in [7, 11) is -1.66. The summed E-state index contributed by atoms with van der Waals surface area (Å²) in [5.41, 5.74) is 1.01. The smallest absolute Gasteiger partial charge is 0.243 e. The number of guanidine groups is 1. The normalized spacial score (nSPS) is 19.1. The third kappa shape index (κ3) is 6.38. The van der Waals surface area contributed by atoms with Gasteiger partial charge >= 0.3 is 0 Å². The van der Waals surface area contributed by atoms with E-state index in [-0.39, 0.29) is 24.0 Å². The molecule has 2 rings (SSSR count). The van der Waals surface area contributed by atoms with Crippen molar-refractivity contribution in [2.45, 2.75) is 51.1 Å². The molecule has 0 radical (unpaired) electrons. The van der Waals surface area contributed by atoms with Crippen LogP contribution in [-0.4, -0.2) is 44.9 Å². The van der Waals surface area contributed by atoms with Crippen LogP contribution in [0.1, 0.15) is 39.2 Å². The molecule has 0 aliphatic carbocycles. The predicted molar refractivity (Wildman–Crippen MR) is 117 cm³/mol. The Morgan fingerprint density at radius 3 is 2.50 bits per heavy atom. The highest BCUT2D eigenvalue weighted by atomic mass is 127. The van der Waals surface area contributed by atoms with Gasteiger partial charge in [-0.05, 0) is 50.3 Å². The van der Waals surface area contributed by atoms with E-state index in [1.54, 1.807) is 23.5 Å². The second-order valence-corrected chi connectivity index (χ2v) is 8.92. The summed E-state index contributed by atoms with van der Waals surface area (Å²) in [5, 5.41) is 6.44. The minimum absolute atomic E-state index is 0. The zero-order valence-electron chi connectivity index (χ0n) is 16.0. The fourth-order valence-corrected chi connectivity index (χ4v) is 4.55. The second kappa shape index (κ2) is 10.5. The lowest BCUT2D eigenvalue weighted by Gasteiger charge is -2.30. The van der Waals surface area contributed by atoms with E-state index in [1.165, 1.54) is 0 Å². The molecular weight excluding hydrogens is 463 g/mol. The Kier molecular flexibility index (Phi) is 9.32. The van der Waals surface area contributed by atoms with Crippen molar-refractivity contribution in [2.24, 2.45) is 10.9 Å². The number of nitrogens with zero attached hydrogens (tertiary/aromatic N) is 2. The van der Waals surface area contributed by atoms with Crippen molar-refractivity contribution in [1.82, 2.24) is 14.9 Å². The van der Waals surface area contributed by atoms with Gasteiger partial charge in [-0.1, -0.05) is 19.1 Å². The zero-order chi connectivity index (χ0) is 18.4. The molecule has 0 spiro atoms. The number of sulfonamides is 1. The lowest BCUT2D eigenvalue weighted by molar-refractivity contribution is 0.281. The molecule has 1 unspecified atom stereocenters. The number of piperidine rings is 1. The predicted octanol–water partition coefficient (Wildman–Crippen LogP) is 2.80. The summed E-state index contributed by atoms with van der Waals surface area (Å²) in [4.78, 5) is 4.53. The maximum atomic E-state index is 12.8. The van der Waals surface area contributed by atoms with Gasteiger partial charge < -0.3 is 10.6 Å². The molecule has 1 aliphatic rings. The van der Waals surface area contributed by atoms with E-state index >= 15 is 0 Å². The van der Waals surface area contributed by atoms with Gasteiger partial charge in [-0.15, -0.1) is 24.0 Å². The van der Waals surface area contributed by atoms with E-state index in [4.69, 9.17) is 0 Å². The van der Waals surface area contributed by atoms with Crippen molar-refractivity contribution < 1.29 is 8.42 Å². The third-order valence-electron chi connectivity index (χ3n) is 4.29. The van der Waals surface area contributed by atoms with Crippen LogP contribution in [0.4, 0.5) is 0 Å². The Labute approximate surface area is 174 Å². The Hall–Kier alpha value is -0.870. The molecule has 6 nitrogen and oxygen atoms in total. The molecule has 1 aromatic carbocycles. The zero-order valence-corrected chi connectivity index (χ0v) is 19.2. The maximum absolute atomic E-state index is 12.8. The van der Waals surface area contributed by atoms with Gasteiger partial charge in [0.15, 0.2) is 5.96 Å². The molecule has 0 amide bonds. The van der Waals surface area contributed by atoms with Crippen molar-refractivity contribution in [3.05, 3.63) is 29.8 Å². The summed E-state index contributed by atoms with van der Waals surface area (Å²) in [5.74, 6) is 1.15. The fourth-order valence-electron chi connectivity index (χ4n) is 2.95. The van der Waals surface area contributed by atoms with Crippen LogP contribution in [-0.2, 0) is 16.6 Å². The third-order valence-corrected chi connectivity index (χ3v) is 6.17. The number of aliphatic imine (C=N–C) groups is 1. The van der Waals surface area contributed by atoms with E-state index < -0.39 is 10.0 Å². The molecule has 1 heterocycles. The summed E-state index contributed by atoms with van der Waals surface area (Å²) in [6.07, 6.45) is 2.03. The van der Waals surface area contributed by atoms with Crippen LogP contribution >= 0.6 is 24.0 Å². The molecule has 0 bridgehead atoms. The van der Waals surface area contributed by atoms with Crippen LogP contribution in [0.5, 0.6) is 0 Å². The minimum atomic E-state index is -3.39. The molecule has 1 aromatic rings. The first-order valence-electron chi connectivity index (χ1n) is 8.89. The number of hydrogen-bond acceptors (Lipinski definition) is 3. The average molecular weight is 494 g/mol. The Morgan fingerprint density at radius 1 is 1.31 bits per heavy atom. The van der Waals surface area contributed by atoms with Gasteiger partial charge in [0.2, 0.25) is 10.0 Å². The summed E-state index contributed by atoms with van der Waals surface area (Å²) < 4.78 is 27.1. The van der Waals surface area contributed by atoms with E-state index in [2.05, 4.69) is 22.5 Å². The quantitative estimate of drug-likeness (QED) is 0.375. The van der Waals surface area contributed by atoms with Crippen LogP contribution in [0.15, 0.2) is 34.2 Å². The first-order valence-corrected chi connectivity index (χ1v) is 10.3. The first kappa shape index (κ1) is 23.2. The van der Waals surface area contributed by atoms with Crippen LogP contribution in [0.2, 0.25) is 0 Å². The van der Waals surface area contributed by atoms with Crippen LogP contribution in [0, 0.1) is 5.92 Å². The molecule has 1 saturated heterocycles. The lowest BCUT2D eigenvalue weighted by Crippen LogP contribution is -2.40. The highest BCUT2D eigenvalue weighted by molar-refractivity contribution is 14.0. The SMILES string of the molecule is CN=C(NCc1ccc(S(=O)(=O)N2CCCC(C)C2)cc1)NC(C)C.I. The van der Waals surface area contributed by atoms with E-state index in [9.17, 15) is 8.42 Å². The van der Waals surface area contributed by atoms with Gasteiger partial charge in [-0.3, -0.25) is 4.99 Å². The summed E-state index contributed by atoms with van der Waals surface area (Å²) in [6.45, 7) is 8.03. The number of nitrogens with one attached hydrogen (secondary N) is 2. The Bertz CT molecular complexity index is 690. The summed E-state index contributed by atoms with van der Waals surface area (Å²) >= 11 is 0. The van der Waals surface area contributed by atoms with Crippen molar-refractivity contribution in [3.8, 4) is 0 Å². The number of benzene rings is 1. The molecule has 2 N–H and O–H groups in total. The molecule has 148 valence electrons. The number of halogens is 1. The largest absolute Gasteiger partial charge is 0.354 e. The molecule has 0 aromatic heterocycles. The van der Waals surface area contributed by atoms with E-state index in [0.29, 0.717) is 36.5 Å². The minimum Gasteiger partial charge on any atom is -0.354 e. The highest BCUT2D eigenvalue weighted by Crippen LogP contribution is 2.23. The molecule has 1 aliphatic heterocycles. The molecule has 1 fully saturated rings.